The number of thiazole rings is 1. The quantitative estimate of drug-likeness (QED) is 0.884. The lowest BCUT2D eigenvalue weighted by Gasteiger charge is -2.08. The van der Waals surface area contributed by atoms with Gasteiger partial charge < -0.3 is 9.84 Å². The van der Waals surface area contributed by atoms with E-state index in [9.17, 15) is 0 Å². The van der Waals surface area contributed by atoms with Crippen LogP contribution < -0.4 is 5.32 Å². The van der Waals surface area contributed by atoms with Gasteiger partial charge in [0.25, 0.3) is 0 Å². The van der Waals surface area contributed by atoms with E-state index in [-0.39, 0.29) is 6.04 Å². The van der Waals surface area contributed by atoms with Crippen LogP contribution in [0.3, 0.4) is 0 Å². The minimum Gasteiger partial charge on any atom is -0.340 e. The number of hydrogen-bond acceptors (Lipinski definition) is 6. The summed E-state index contributed by atoms with van der Waals surface area (Å²) >= 11 is 1.70. The monoisotopic (exact) mass is 252 g/mol. The first-order valence-electron chi connectivity index (χ1n) is 5.66. The molecule has 2 aromatic heterocycles. The summed E-state index contributed by atoms with van der Waals surface area (Å²) in [6, 6.07) is 0.199. The topological polar surface area (TPSA) is 63.8 Å². The smallest absolute Gasteiger partial charge is 0.223 e. The van der Waals surface area contributed by atoms with E-state index in [1.165, 1.54) is 5.01 Å². The maximum Gasteiger partial charge on any atom is 0.223 e. The van der Waals surface area contributed by atoms with Crippen LogP contribution in [0.1, 0.15) is 42.3 Å². The molecule has 17 heavy (non-hydrogen) atoms. The molecule has 0 aromatic carbocycles. The summed E-state index contributed by atoms with van der Waals surface area (Å²) in [4.78, 5) is 8.68. The fourth-order valence-electron chi connectivity index (χ4n) is 1.45. The van der Waals surface area contributed by atoms with Crippen LogP contribution in [0, 0.1) is 6.92 Å². The summed E-state index contributed by atoms with van der Waals surface area (Å²) in [7, 11) is 0. The van der Waals surface area contributed by atoms with E-state index in [4.69, 9.17) is 4.52 Å². The van der Waals surface area contributed by atoms with Crippen LogP contribution in [0.5, 0.6) is 0 Å². The highest BCUT2D eigenvalue weighted by Crippen LogP contribution is 2.17. The molecule has 1 atom stereocenters. The van der Waals surface area contributed by atoms with Gasteiger partial charge in [0.15, 0.2) is 5.82 Å². The van der Waals surface area contributed by atoms with Gasteiger partial charge in [-0.25, -0.2) is 4.98 Å². The molecular formula is C11H16N4OS. The van der Waals surface area contributed by atoms with Gasteiger partial charge in [-0.3, -0.25) is 0 Å². The minimum atomic E-state index is 0.199. The number of hydrogen-bond donors (Lipinski definition) is 1. The summed E-state index contributed by atoms with van der Waals surface area (Å²) in [5, 5.41) is 10.4. The standard InChI is InChI=1S/C11H16N4OS/c1-4-11-14-9(6-17-11)7(2)12-5-10-13-8(3)16-15-10/h6-7,12H,4-5H2,1-3H3. The molecule has 0 fully saturated rings. The Kier molecular flexibility index (Phi) is 3.86. The van der Waals surface area contributed by atoms with Gasteiger partial charge in [-0.1, -0.05) is 12.1 Å². The van der Waals surface area contributed by atoms with Crippen molar-refractivity contribution in [2.45, 2.75) is 39.8 Å². The first-order chi connectivity index (χ1) is 8.19. The molecule has 1 unspecified atom stereocenters. The molecule has 6 heteroatoms. The minimum absolute atomic E-state index is 0.199. The Morgan fingerprint density at radius 1 is 1.47 bits per heavy atom. The molecule has 0 amide bonds. The Bertz CT molecular complexity index is 479. The molecule has 1 N–H and O–H groups in total. The summed E-state index contributed by atoms with van der Waals surface area (Å²) in [6.45, 7) is 6.58. The zero-order valence-corrected chi connectivity index (χ0v) is 11.0. The Balaban J connectivity index is 1.90. The van der Waals surface area contributed by atoms with Crippen molar-refractivity contribution >= 4 is 11.3 Å². The van der Waals surface area contributed by atoms with Gasteiger partial charge in [-0.2, -0.15) is 4.98 Å². The Morgan fingerprint density at radius 3 is 2.88 bits per heavy atom. The van der Waals surface area contributed by atoms with Crippen molar-refractivity contribution in [2.75, 3.05) is 0 Å². The zero-order chi connectivity index (χ0) is 12.3. The molecular weight excluding hydrogens is 236 g/mol. The molecule has 0 spiro atoms. The van der Waals surface area contributed by atoms with E-state index in [1.54, 1.807) is 18.3 Å². The second-order valence-corrected chi connectivity index (χ2v) is 4.79. The van der Waals surface area contributed by atoms with Crippen molar-refractivity contribution < 1.29 is 4.52 Å². The van der Waals surface area contributed by atoms with E-state index in [0.29, 0.717) is 18.3 Å². The first-order valence-corrected chi connectivity index (χ1v) is 6.54. The van der Waals surface area contributed by atoms with Crippen molar-refractivity contribution in [3.05, 3.63) is 27.8 Å². The molecule has 0 bridgehead atoms. The van der Waals surface area contributed by atoms with Crippen molar-refractivity contribution in [2.24, 2.45) is 0 Å². The second kappa shape index (κ2) is 5.37. The molecule has 0 aliphatic carbocycles. The molecule has 5 nitrogen and oxygen atoms in total. The lowest BCUT2D eigenvalue weighted by atomic mass is 10.2. The van der Waals surface area contributed by atoms with Crippen molar-refractivity contribution in [1.29, 1.82) is 0 Å². The van der Waals surface area contributed by atoms with Gasteiger partial charge >= 0.3 is 0 Å². The van der Waals surface area contributed by atoms with Gasteiger partial charge in [-0.15, -0.1) is 11.3 Å². The molecule has 2 rings (SSSR count). The van der Waals surface area contributed by atoms with E-state index in [1.807, 2.05) is 0 Å². The Morgan fingerprint density at radius 2 is 2.29 bits per heavy atom. The SMILES string of the molecule is CCc1nc(C(C)NCc2noc(C)n2)cs1. The Hall–Kier alpha value is -1.27. The van der Waals surface area contributed by atoms with Crippen LogP contribution in [0.4, 0.5) is 0 Å². The van der Waals surface area contributed by atoms with Gasteiger partial charge in [0.1, 0.15) is 0 Å². The molecule has 2 heterocycles. The average molecular weight is 252 g/mol. The van der Waals surface area contributed by atoms with Crippen LogP contribution in [0.15, 0.2) is 9.90 Å². The summed E-state index contributed by atoms with van der Waals surface area (Å²) in [5.41, 5.74) is 1.08. The van der Waals surface area contributed by atoms with E-state index < -0.39 is 0 Å². The molecule has 0 saturated carbocycles. The summed E-state index contributed by atoms with van der Waals surface area (Å²) < 4.78 is 4.91. The second-order valence-electron chi connectivity index (χ2n) is 3.85. The number of aryl methyl sites for hydroxylation is 2. The molecule has 0 saturated heterocycles. The van der Waals surface area contributed by atoms with Gasteiger partial charge in [0.05, 0.1) is 17.2 Å². The number of aromatic nitrogens is 3. The maximum absolute atomic E-state index is 4.91. The van der Waals surface area contributed by atoms with Crippen LogP contribution in [0.25, 0.3) is 0 Å². The van der Waals surface area contributed by atoms with Crippen LogP contribution >= 0.6 is 11.3 Å². The zero-order valence-electron chi connectivity index (χ0n) is 10.2. The van der Waals surface area contributed by atoms with Crippen molar-refractivity contribution in [1.82, 2.24) is 20.4 Å². The van der Waals surface area contributed by atoms with Crippen LogP contribution in [0.2, 0.25) is 0 Å². The molecule has 0 aliphatic rings. The fourth-order valence-corrected chi connectivity index (χ4v) is 2.29. The lowest BCUT2D eigenvalue weighted by Crippen LogP contribution is -2.19. The third-order valence-electron chi connectivity index (χ3n) is 2.45. The highest BCUT2D eigenvalue weighted by Gasteiger charge is 2.10. The van der Waals surface area contributed by atoms with E-state index in [2.05, 4.69) is 39.7 Å². The number of rotatable bonds is 5. The molecule has 2 aromatic rings. The molecule has 0 aliphatic heterocycles. The number of nitrogens with zero attached hydrogens (tertiary/aromatic N) is 3. The van der Waals surface area contributed by atoms with Crippen molar-refractivity contribution in [3.8, 4) is 0 Å². The summed E-state index contributed by atoms with van der Waals surface area (Å²) in [5.74, 6) is 1.27. The third-order valence-corrected chi connectivity index (χ3v) is 3.46. The lowest BCUT2D eigenvalue weighted by molar-refractivity contribution is 0.384. The van der Waals surface area contributed by atoms with Gasteiger partial charge in [-0.05, 0) is 13.3 Å². The molecule has 92 valence electrons. The fraction of sp³-hybridized carbons (Fsp3) is 0.545. The largest absolute Gasteiger partial charge is 0.340 e. The third kappa shape index (κ3) is 3.10. The predicted octanol–water partition coefficient (Wildman–Crippen LogP) is 2.25. The van der Waals surface area contributed by atoms with Crippen LogP contribution in [-0.4, -0.2) is 15.1 Å². The first kappa shape index (κ1) is 12.2. The molecule has 0 radical (unpaired) electrons. The normalized spacial score (nSPS) is 12.9. The maximum atomic E-state index is 4.91. The van der Waals surface area contributed by atoms with Crippen molar-refractivity contribution in [3.63, 3.8) is 0 Å². The van der Waals surface area contributed by atoms with E-state index >= 15 is 0 Å². The summed E-state index contributed by atoms with van der Waals surface area (Å²) in [6.07, 6.45) is 0.988. The van der Waals surface area contributed by atoms with Gasteiger partial charge in [0, 0.05) is 18.3 Å². The van der Waals surface area contributed by atoms with E-state index in [0.717, 1.165) is 12.1 Å². The van der Waals surface area contributed by atoms with Crippen LogP contribution in [-0.2, 0) is 13.0 Å². The highest BCUT2D eigenvalue weighted by atomic mass is 32.1. The number of nitrogens with one attached hydrogen (secondary N) is 1. The average Bonchev–Trinajstić information content (AvgIpc) is 2.94. The predicted molar refractivity (Wildman–Crippen MR) is 65.8 cm³/mol. The Labute approximate surface area is 104 Å². The highest BCUT2D eigenvalue weighted by molar-refractivity contribution is 7.09. The van der Waals surface area contributed by atoms with Gasteiger partial charge in [0.2, 0.25) is 5.89 Å².